The fourth-order valence-electron chi connectivity index (χ4n) is 3.60. The van der Waals surface area contributed by atoms with E-state index in [9.17, 15) is 0 Å². The first-order valence-corrected chi connectivity index (χ1v) is 9.61. The molecule has 2 rings (SSSR count). The Balaban J connectivity index is 1.72. The van der Waals surface area contributed by atoms with E-state index in [1.54, 1.807) is 0 Å². The average Bonchev–Trinajstić information content (AvgIpc) is 2.61. The van der Waals surface area contributed by atoms with Crippen LogP contribution in [-0.4, -0.2) is 38.8 Å². The summed E-state index contributed by atoms with van der Waals surface area (Å²) < 4.78 is 6.07. The third-order valence-electron chi connectivity index (χ3n) is 4.83. The normalized spacial score (nSPS) is 21.8. The van der Waals surface area contributed by atoms with Gasteiger partial charge in [-0.3, -0.25) is 4.99 Å². The minimum Gasteiger partial charge on any atom is -0.377 e. The number of benzene rings is 1. The smallest absolute Gasteiger partial charge is 0.190 e. The molecule has 1 aromatic carbocycles. The lowest BCUT2D eigenvalue weighted by molar-refractivity contribution is -0.0835. The van der Waals surface area contributed by atoms with E-state index in [-0.39, 0.29) is 5.41 Å². The minimum absolute atomic E-state index is 0.180. The van der Waals surface area contributed by atoms with E-state index < -0.39 is 0 Å². The highest BCUT2D eigenvalue weighted by Crippen LogP contribution is 2.33. The van der Waals surface area contributed by atoms with Crippen LogP contribution in [0.1, 0.15) is 45.6 Å². The maximum atomic E-state index is 6.07. The second kappa shape index (κ2) is 9.81. The number of guanidine groups is 1. The molecule has 0 amide bonds. The highest BCUT2D eigenvalue weighted by atomic mass is 16.5. The van der Waals surface area contributed by atoms with Gasteiger partial charge in [0.05, 0.1) is 6.10 Å². The highest BCUT2D eigenvalue weighted by molar-refractivity contribution is 5.79. The van der Waals surface area contributed by atoms with Gasteiger partial charge in [-0.15, -0.1) is 0 Å². The summed E-state index contributed by atoms with van der Waals surface area (Å²) in [5, 5.41) is 6.93. The van der Waals surface area contributed by atoms with Gasteiger partial charge < -0.3 is 15.4 Å². The van der Waals surface area contributed by atoms with E-state index in [1.165, 1.54) is 12.0 Å². The molecule has 1 aliphatic heterocycles. The summed E-state index contributed by atoms with van der Waals surface area (Å²) in [5.41, 5.74) is 1.57. The molecule has 1 aliphatic rings. The van der Waals surface area contributed by atoms with Gasteiger partial charge in [0.1, 0.15) is 0 Å². The maximum absolute atomic E-state index is 6.07. The van der Waals surface area contributed by atoms with Gasteiger partial charge in [-0.05, 0) is 36.7 Å². The Morgan fingerprint density at radius 3 is 2.64 bits per heavy atom. The molecule has 2 N–H and O–H groups in total. The second-order valence-corrected chi connectivity index (χ2v) is 8.03. The van der Waals surface area contributed by atoms with Crippen molar-refractivity contribution in [3.8, 4) is 0 Å². The molecule has 0 spiro atoms. The van der Waals surface area contributed by atoms with Crippen molar-refractivity contribution in [2.24, 2.45) is 16.3 Å². The third-order valence-corrected chi connectivity index (χ3v) is 4.83. The summed E-state index contributed by atoms with van der Waals surface area (Å²) in [7, 11) is 1.84. The first kappa shape index (κ1) is 19.8. The van der Waals surface area contributed by atoms with Gasteiger partial charge in [-0.25, -0.2) is 0 Å². The lowest BCUT2D eigenvalue weighted by Crippen LogP contribution is -2.47. The number of rotatable bonds is 6. The second-order valence-electron chi connectivity index (χ2n) is 8.03. The first-order chi connectivity index (χ1) is 12.0. The molecule has 140 valence electrons. The standard InChI is InChI=1S/C21H35N3O/c1-21(2,3)19-18(13-9-15-25-19)16-24-20(22-4)23-14-8-12-17-10-6-5-7-11-17/h5-7,10-11,18-19H,8-9,12-16H2,1-4H3,(H2,22,23,24). The summed E-state index contributed by atoms with van der Waals surface area (Å²) in [6.45, 7) is 9.55. The Bertz CT molecular complexity index is 522. The van der Waals surface area contributed by atoms with Crippen LogP contribution in [0.3, 0.4) is 0 Å². The van der Waals surface area contributed by atoms with E-state index in [4.69, 9.17) is 4.74 Å². The number of nitrogens with zero attached hydrogens (tertiary/aromatic N) is 1. The van der Waals surface area contributed by atoms with Crippen molar-refractivity contribution in [3.63, 3.8) is 0 Å². The maximum Gasteiger partial charge on any atom is 0.190 e. The fourth-order valence-corrected chi connectivity index (χ4v) is 3.60. The van der Waals surface area contributed by atoms with E-state index in [0.29, 0.717) is 12.0 Å². The van der Waals surface area contributed by atoms with E-state index in [0.717, 1.165) is 44.9 Å². The molecular formula is C21H35N3O. The minimum atomic E-state index is 0.180. The fraction of sp³-hybridized carbons (Fsp3) is 0.667. The van der Waals surface area contributed by atoms with Crippen LogP contribution in [0, 0.1) is 11.3 Å². The van der Waals surface area contributed by atoms with Gasteiger partial charge in [-0.1, -0.05) is 51.1 Å². The Kier molecular flexibility index (Phi) is 7.76. The Morgan fingerprint density at radius 1 is 1.20 bits per heavy atom. The van der Waals surface area contributed by atoms with Crippen molar-refractivity contribution in [1.82, 2.24) is 10.6 Å². The summed E-state index contributed by atoms with van der Waals surface area (Å²) in [6, 6.07) is 10.6. The van der Waals surface area contributed by atoms with Crippen LogP contribution in [0.15, 0.2) is 35.3 Å². The van der Waals surface area contributed by atoms with Crippen molar-refractivity contribution in [2.75, 3.05) is 26.7 Å². The van der Waals surface area contributed by atoms with Crippen LogP contribution >= 0.6 is 0 Å². The monoisotopic (exact) mass is 345 g/mol. The first-order valence-electron chi connectivity index (χ1n) is 9.61. The number of ether oxygens (including phenoxy) is 1. The van der Waals surface area contributed by atoms with Crippen LogP contribution < -0.4 is 10.6 Å². The van der Waals surface area contributed by atoms with E-state index in [2.05, 4.69) is 66.7 Å². The molecule has 1 heterocycles. The molecule has 0 radical (unpaired) electrons. The molecule has 1 fully saturated rings. The van der Waals surface area contributed by atoms with E-state index in [1.807, 2.05) is 7.05 Å². The molecule has 4 heteroatoms. The summed E-state index contributed by atoms with van der Waals surface area (Å²) in [5.74, 6) is 1.43. The van der Waals surface area contributed by atoms with Crippen molar-refractivity contribution in [2.45, 2.75) is 52.6 Å². The topological polar surface area (TPSA) is 45.7 Å². The van der Waals surface area contributed by atoms with Crippen molar-refractivity contribution in [3.05, 3.63) is 35.9 Å². The van der Waals surface area contributed by atoms with Crippen molar-refractivity contribution >= 4 is 5.96 Å². The number of hydrogen-bond donors (Lipinski definition) is 2. The predicted molar refractivity (Wildman–Crippen MR) is 106 cm³/mol. The molecule has 1 aromatic rings. The molecule has 0 aliphatic carbocycles. The molecular weight excluding hydrogens is 310 g/mol. The summed E-state index contributed by atoms with van der Waals surface area (Å²) >= 11 is 0. The molecule has 0 saturated carbocycles. The quantitative estimate of drug-likeness (QED) is 0.470. The van der Waals surface area contributed by atoms with Gasteiger partial charge in [-0.2, -0.15) is 0 Å². The van der Waals surface area contributed by atoms with Gasteiger partial charge >= 0.3 is 0 Å². The zero-order valence-electron chi connectivity index (χ0n) is 16.3. The van der Waals surface area contributed by atoms with E-state index >= 15 is 0 Å². The predicted octanol–water partition coefficient (Wildman–Crippen LogP) is 3.63. The van der Waals surface area contributed by atoms with Gasteiger partial charge in [0.15, 0.2) is 5.96 Å². The third kappa shape index (κ3) is 6.69. The summed E-state index contributed by atoms with van der Waals surface area (Å²) in [6.07, 6.45) is 4.88. The average molecular weight is 346 g/mol. The lowest BCUT2D eigenvalue weighted by Gasteiger charge is -2.40. The zero-order valence-corrected chi connectivity index (χ0v) is 16.3. The summed E-state index contributed by atoms with van der Waals surface area (Å²) in [4.78, 5) is 4.36. The number of nitrogens with one attached hydrogen (secondary N) is 2. The zero-order chi connectivity index (χ0) is 18.1. The van der Waals surface area contributed by atoms with Crippen LogP contribution in [-0.2, 0) is 11.2 Å². The molecule has 0 bridgehead atoms. The number of hydrogen-bond acceptors (Lipinski definition) is 2. The van der Waals surface area contributed by atoms with Gasteiger partial charge in [0.25, 0.3) is 0 Å². The van der Waals surface area contributed by atoms with Crippen LogP contribution in [0.2, 0.25) is 0 Å². The lowest BCUT2D eigenvalue weighted by atomic mass is 9.78. The highest BCUT2D eigenvalue weighted by Gasteiger charge is 2.35. The molecule has 2 unspecified atom stereocenters. The van der Waals surface area contributed by atoms with Crippen LogP contribution in [0.25, 0.3) is 0 Å². The molecule has 1 saturated heterocycles. The molecule has 25 heavy (non-hydrogen) atoms. The van der Waals surface area contributed by atoms with Gasteiger partial charge in [0.2, 0.25) is 0 Å². The number of aryl methyl sites for hydroxylation is 1. The molecule has 0 aromatic heterocycles. The largest absolute Gasteiger partial charge is 0.377 e. The van der Waals surface area contributed by atoms with Crippen molar-refractivity contribution in [1.29, 1.82) is 0 Å². The molecule has 4 nitrogen and oxygen atoms in total. The Labute approximate surface area is 153 Å². The van der Waals surface area contributed by atoms with Crippen LogP contribution in [0.5, 0.6) is 0 Å². The Morgan fingerprint density at radius 2 is 1.96 bits per heavy atom. The Hall–Kier alpha value is -1.55. The molecule has 2 atom stereocenters. The van der Waals surface area contributed by atoms with Gasteiger partial charge in [0, 0.05) is 32.7 Å². The van der Waals surface area contributed by atoms with Crippen molar-refractivity contribution < 1.29 is 4.74 Å². The van der Waals surface area contributed by atoms with Crippen LogP contribution in [0.4, 0.5) is 0 Å². The SMILES string of the molecule is CN=C(NCCCc1ccccc1)NCC1CCCOC1C(C)(C)C. The number of aliphatic imine (C=N–C) groups is 1.